The van der Waals surface area contributed by atoms with Crippen LogP contribution in [0.15, 0.2) is 18.2 Å². The maximum absolute atomic E-state index is 11.4. The van der Waals surface area contributed by atoms with Crippen LogP contribution in [0.1, 0.15) is 26.2 Å². The molecule has 3 rings (SSSR count). The van der Waals surface area contributed by atoms with Crippen LogP contribution in [0.5, 0.6) is 5.75 Å². The van der Waals surface area contributed by atoms with E-state index in [0.717, 1.165) is 19.3 Å². The van der Waals surface area contributed by atoms with E-state index in [1.807, 2.05) is 11.8 Å². The second kappa shape index (κ2) is 5.18. The molecule has 0 atom stereocenters. The summed E-state index contributed by atoms with van der Waals surface area (Å²) in [4.78, 5) is 12.9. The number of nitro benzene ring substituents is 1. The molecule has 1 aromatic rings. The molecule has 1 heterocycles. The molecule has 1 saturated heterocycles. The molecule has 2 fully saturated rings. The second-order valence-electron chi connectivity index (χ2n) is 5.96. The molecular weight excluding hydrogens is 272 g/mol. The van der Waals surface area contributed by atoms with E-state index in [1.165, 1.54) is 0 Å². The van der Waals surface area contributed by atoms with Crippen molar-refractivity contribution >= 4 is 11.4 Å². The highest BCUT2D eigenvalue weighted by Crippen LogP contribution is 2.48. The topological polar surface area (TPSA) is 75.8 Å². The molecule has 0 spiro atoms. The summed E-state index contributed by atoms with van der Waals surface area (Å²) in [5.74, 6) is 0.675. The van der Waals surface area contributed by atoms with E-state index in [-0.39, 0.29) is 5.69 Å². The van der Waals surface area contributed by atoms with Gasteiger partial charge in [0.25, 0.3) is 0 Å². The van der Waals surface area contributed by atoms with E-state index in [2.05, 4.69) is 0 Å². The number of β-amino-alcohol motifs (C(OH)–C–C–N with tert-alkyl or cyclic N) is 1. The van der Waals surface area contributed by atoms with Crippen molar-refractivity contribution in [1.82, 2.24) is 0 Å². The standard InChI is InChI=1S/C15H20N2O4/c1-2-8-21-13-5-3-4-12(14(13)17(19)20)16-9-15(18,10-16)11-6-7-11/h3-5,11,18H,2,6-10H2,1H3. The van der Waals surface area contributed by atoms with Crippen LogP contribution in [0, 0.1) is 16.0 Å². The van der Waals surface area contributed by atoms with E-state index in [1.54, 1.807) is 18.2 Å². The SMILES string of the molecule is CCCOc1cccc(N2CC(O)(C3CC3)C2)c1[N+](=O)[O-]. The molecule has 0 bridgehead atoms. The van der Waals surface area contributed by atoms with Crippen molar-refractivity contribution in [3.05, 3.63) is 28.3 Å². The molecule has 6 heteroatoms. The second-order valence-corrected chi connectivity index (χ2v) is 5.96. The Morgan fingerprint density at radius 2 is 2.19 bits per heavy atom. The van der Waals surface area contributed by atoms with Crippen LogP contribution >= 0.6 is 0 Å². The minimum absolute atomic E-state index is 0.00352. The van der Waals surface area contributed by atoms with Crippen LogP contribution in [0.25, 0.3) is 0 Å². The zero-order chi connectivity index (χ0) is 15.0. The highest BCUT2D eigenvalue weighted by molar-refractivity contribution is 5.71. The van der Waals surface area contributed by atoms with Gasteiger partial charge in [-0.2, -0.15) is 0 Å². The first kappa shape index (κ1) is 14.1. The average Bonchev–Trinajstić information content (AvgIpc) is 3.25. The summed E-state index contributed by atoms with van der Waals surface area (Å²) < 4.78 is 5.49. The third-order valence-corrected chi connectivity index (χ3v) is 4.23. The Bertz CT molecular complexity index is 551. The quantitative estimate of drug-likeness (QED) is 0.643. The van der Waals surface area contributed by atoms with Gasteiger partial charge in [-0.15, -0.1) is 0 Å². The predicted molar refractivity (Wildman–Crippen MR) is 78.8 cm³/mol. The molecule has 0 radical (unpaired) electrons. The van der Waals surface area contributed by atoms with Crippen LogP contribution in [0.2, 0.25) is 0 Å². The van der Waals surface area contributed by atoms with Crippen molar-refractivity contribution in [2.75, 3.05) is 24.6 Å². The summed E-state index contributed by atoms with van der Waals surface area (Å²) in [5.41, 5.74) is -0.114. The number of aliphatic hydroxyl groups is 1. The molecule has 6 nitrogen and oxygen atoms in total. The Labute approximate surface area is 123 Å². The number of hydrogen-bond donors (Lipinski definition) is 1. The van der Waals surface area contributed by atoms with Gasteiger partial charge in [-0.05, 0) is 37.3 Å². The summed E-state index contributed by atoms with van der Waals surface area (Å²) in [5, 5.41) is 21.8. The number of ether oxygens (including phenoxy) is 1. The summed E-state index contributed by atoms with van der Waals surface area (Å²) >= 11 is 0. The molecule has 0 amide bonds. The van der Waals surface area contributed by atoms with E-state index < -0.39 is 10.5 Å². The highest BCUT2D eigenvalue weighted by atomic mass is 16.6. The third-order valence-electron chi connectivity index (χ3n) is 4.23. The molecule has 114 valence electrons. The maximum atomic E-state index is 11.4. The molecule has 21 heavy (non-hydrogen) atoms. The number of hydrogen-bond acceptors (Lipinski definition) is 5. The van der Waals surface area contributed by atoms with Gasteiger partial charge in [0.1, 0.15) is 11.3 Å². The number of nitrogens with zero attached hydrogens (tertiary/aromatic N) is 2. The lowest BCUT2D eigenvalue weighted by molar-refractivity contribution is -0.385. The lowest BCUT2D eigenvalue weighted by Crippen LogP contribution is -2.63. The first-order valence-corrected chi connectivity index (χ1v) is 7.42. The van der Waals surface area contributed by atoms with Gasteiger partial charge in [0.2, 0.25) is 0 Å². The maximum Gasteiger partial charge on any atom is 0.333 e. The van der Waals surface area contributed by atoms with Crippen molar-refractivity contribution in [1.29, 1.82) is 0 Å². The van der Waals surface area contributed by atoms with Gasteiger partial charge in [-0.1, -0.05) is 13.0 Å². The first-order valence-electron chi connectivity index (χ1n) is 7.42. The lowest BCUT2D eigenvalue weighted by Gasteiger charge is -2.48. The van der Waals surface area contributed by atoms with Gasteiger partial charge >= 0.3 is 5.69 Å². The zero-order valence-corrected chi connectivity index (χ0v) is 12.1. The Hall–Kier alpha value is -1.82. The van der Waals surface area contributed by atoms with Crippen LogP contribution in [-0.2, 0) is 0 Å². The minimum Gasteiger partial charge on any atom is -0.487 e. The smallest absolute Gasteiger partial charge is 0.333 e. The molecule has 1 N–H and O–H groups in total. The van der Waals surface area contributed by atoms with Crippen LogP contribution in [0.3, 0.4) is 0 Å². The molecule has 1 aliphatic heterocycles. The number of nitro groups is 1. The fraction of sp³-hybridized carbons (Fsp3) is 0.600. The van der Waals surface area contributed by atoms with Crippen LogP contribution < -0.4 is 9.64 Å². The molecule has 0 aromatic heterocycles. The van der Waals surface area contributed by atoms with Crippen molar-refractivity contribution in [2.45, 2.75) is 31.8 Å². The van der Waals surface area contributed by atoms with Gasteiger partial charge in [0.05, 0.1) is 11.5 Å². The van der Waals surface area contributed by atoms with Gasteiger partial charge in [-0.25, -0.2) is 0 Å². The Morgan fingerprint density at radius 1 is 1.48 bits per heavy atom. The molecular formula is C15H20N2O4. The van der Waals surface area contributed by atoms with E-state index in [4.69, 9.17) is 4.74 Å². The lowest BCUT2D eigenvalue weighted by atomic mass is 9.88. The summed E-state index contributed by atoms with van der Waals surface area (Å²) in [6, 6.07) is 5.12. The average molecular weight is 292 g/mol. The normalized spacial score (nSPS) is 20.0. The van der Waals surface area contributed by atoms with Crippen LogP contribution in [-0.4, -0.2) is 35.3 Å². The van der Waals surface area contributed by atoms with Crippen molar-refractivity contribution in [3.63, 3.8) is 0 Å². The molecule has 2 aliphatic rings. The largest absolute Gasteiger partial charge is 0.487 e. The Balaban J connectivity index is 1.83. The van der Waals surface area contributed by atoms with Crippen molar-refractivity contribution in [2.24, 2.45) is 5.92 Å². The monoisotopic (exact) mass is 292 g/mol. The van der Waals surface area contributed by atoms with E-state index >= 15 is 0 Å². The van der Waals surface area contributed by atoms with Crippen molar-refractivity contribution < 1.29 is 14.8 Å². The zero-order valence-electron chi connectivity index (χ0n) is 12.1. The third kappa shape index (κ3) is 2.55. The van der Waals surface area contributed by atoms with Gasteiger partial charge in [0, 0.05) is 13.1 Å². The number of para-hydroxylation sites is 1. The highest BCUT2D eigenvalue weighted by Gasteiger charge is 2.53. The van der Waals surface area contributed by atoms with Gasteiger partial charge in [0.15, 0.2) is 5.75 Å². The van der Waals surface area contributed by atoms with E-state index in [9.17, 15) is 15.2 Å². The molecule has 1 aromatic carbocycles. The minimum atomic E-state index is -0.659. The Kier molecular flexibility index (Phi) is 3.49. The van der Waals surface area contributed by atoms with Gasteiger partial charge in [-0.3, -0.25) is 10.1 Å². The van der Waals surface area contributed by atoms with E-state index in [0.29, 0.717) is 37.1 Å². The Morgan fingerprint density at radius 3 is 2.76 bits per heavy atom. The van der Waals surface area contributed by atoms with Crippen LogP contribution in [0.4, 0.5) is 11.4 Å². The molecule has 0 unspecified atom stereocenters. The summed E-state index contributed by atoms with van der Waals surface area (Å²) in [6.45, 7) is 3.35. The predicted octanol–water partition coefficient (Wildman–Crippen LogP) is 2.34. The number of rotatable bonds is 6. The fourth-order valence-electron chi connectivity index (χ4n) is 2.94. The number of benzene rings is 1. The van der Waals surface area contributed by atoms with Gasteiger partial charge < -0.3 is 14.7 Å². The number of anilines is 1. The fourth-order valence-corrected chi connectivity index (χ4v) is 2.94. The first-order chi connectivity index (χ1) is 10.0. The van der Waals surface area contributed by atoms with Crippen molar-refractivity contribution in [3.8, 4) is 5.75 Å². The summed E-state index contributed by atoms with van der Waals surface area (Å²) in [6.07, 6.45) is 2.92. The summed E-state index contributed by atoms with van der Waals surface area (Å²) in [7, 11) is 0. The molecule has 1 aliphatic carbocycles. The molecule has 1 saturated carbocycles.